The van der Waals surface area contributed by atoms with E-state index in [1.165, 1.54) is 6.07 Å². The number of rotatable bonds is 9. The Balaban J connectivity index is 0.00000392. The maximum Gasteiger partial charge on any atom is 0.191 e. The Bertz CT molecular complexity index is 595. The predicted octanol–water partition coefficient (Wildman–Crippen LogP) is 2.01. The molecule has 6 nitrogen and oxygen atoms in total. The molecule has 160 valence electrons. The van der Waals surface area contributed by atoms with Crippen molar-refractivity contribution in [3.8, 4) is 0 Å². The predicted molar refractivity (Wildman–Crippen MR) is 122 cm³/mol. The first-order chi connectivity index (χ1) is 13.0. The summed E-state index contributed by atoms with van der Waals surface area (Å²) in [5, 5.41) is 17.1. The van der Waals surface area contributed by atoms with Crippen LogP contribution >= 0.6 is 24.0 Å². The van der Waals surface area contributed by atoms with Crippen molar-refractivity contribution in [3.63, 3.8) is 0 Å². The van der Waals surface area contributed by atoms with E-state index in [1.807, 2.05) is 19.9 Å². The molecule has 0 saturated carbocycles. The number of aryl methyl sites for hydroxylation is 1. The second kappa shape index (κ2) is 13.3. The molecule has 2 rings (SSSR count). The Kier molecular flexibility index (Phi) is 11.9. The lowest BCUT2D eigenvalue weighted by molar-refractivity contribution is -0.0179. The minimum absolute atomic E-state index is 0. The van der Waals surface area contributed by atoms with Crippen LogP contribution in [0.2, 0.25) is 0 Å². The van der Waals surface area contributed by atoms with Crippen molar-refractivity contribution < 1.29 is 14.2 Å². The molecule has 1 aromatic rings. The van der Waals surface area contributed by atoms with Crippen LogP contribution in [0.3, 0.4) is 0 Å². The van der Waals surface area contributed by atoms with E-state index >= 15 is 0 Å². The second-order valence-electron chi connectivity index (χ2n) is 7.24. The average molecular weight is 508 g/mol. The van der Waals surface area contributed by atoms with Gasteiger partial charge in [-0.3, -0.25) is 9.89 Å². The van der Waals surface area contributed by atoms with E-state index in [-0.39, 0.29) is 29.8 Å². The summed E-state index contributed by atoms with van der Waals surface area (Å²) >= 11 is 0. The van der Waals surface area contributed by atoms with Crippen LogP contribution in [-0.2, 0) is 11.2 Å². The number of benzene rings is 1. The van der Waals surface area contributed by atoms with Crippen molar-refractivity contribution in [3.05, 3.63) is 35.6 Å². The summed E-state index contributed by atoms with van der Waals surface area (Å²) in [4.78, 5) is 6.74. The number of nitrogens with one attached hydrogen (secondary N) is 2. The normalized spacial score (nSPS) is 17.5. The molecule has 0 spiro atoms. The Morgan fingerprint density at radius 2 is 2.07 bits per heavy atom. The summed E-state index contributed by atoms with van der Waals surface area (Å²) in [7, 11) is 0. The van der Waals surface area contributed by atoms with Gasteiger partial charge in [-0.05, 0) is 44.4 Å². The summed E-state index contributed by atoms with van der Waals surface area (Å²) in [5.41, 5.74) is 0.105. The van der Waals surface area contributed by atoms with Gasteiger partial charge in [0.25, 0.3) is 0 Å². The Morgan fingerprint density at radius 1 is 1.32 bits per heavy atom. The number of nitrogens with zero attached hydrogens (tertiary/aromatic N) is 2. The fourth-order valence-corrected chi connectivity index (χ4v) is 3.07. The van der Waals surface area contributed by atoms with Gasteiger partial charge in [-0.15, -0.1) is 24.0 Å². The van der Waals surface area contributed by atoms with Crippen LogP contribution in [0, 0.1) is 5.82 Å². The molecule has 1 atom stereocenters. The van der Waals surface area contributed by atoms with Gasteiger partial charge in [0.2, 0.25) is 0 Å². The maximum atomic E-state index is 13.2. The number of hydrogen-bond donors (Lipinski definition) is 3. The van der Waals surface area contributed by atoms with Crippen LogP contribution in [0.15, 0.2) is 29.3 Å². The number of ether oxygens (including phenoxy) is 1. The largest absolute Gasteiger partial charge is 0.387 e. The fraction of sp³-hybridized carbons (Fsp3) is 0.650. The van der Waals surface area contributed by atoms with Gasteiger partial charge in [0.1, 0.15) is 5.82 Å². The number of aliphatic hydroxyl groups is 1. The minimum atomic E-state index is -0.888. The van der Waals surface area contributed by atoms with E-state index in [4.69, 9.17) is 4.74 Å². The van der Waals surface area contributed by atoms with Gasteiger partial charge < -0.3 is 20.5 Å². The molecule has 0 aliphatic carbocycles. The summed E-state index contributed by atoms with van der Waals surface area (Å²) in [6, 6.07) is 6.70. The first kappa shape index (κ1) is 25.1. The van der Waals surface area contributed by atoms with E-state index in [9.17, 15) is 9.50 Å². The highest BCUT2D eigenvalue weighted by atomic mass is 127. The molecule has 1 fully saturated rings. The lowest BCUT2D eigenvalue weighted by Gasteiger charge is -2.33. The van der Waals surface area contributed by atoms with Crippen LogP contribution in [0.4, 0.5) is 4.39 Å². The lowest BCUT2D eigenvalue weighted by Crippen LogP contribution is -2.48. The molecular formula is C20H34FIN4O2. The Labute approximate surface area is 185 Å². The highest BCUT2D eigenvalue weighted by Gasteiger charge is 2.25. The minimum Gasteiger partial charge on any atom is -0.387 e. The Morgan fingerprint density at radius 3 is 2.75 bits per heavy atom. The molecule has 1 aliphatic rings. The average Bonchev–Trinajstić information content (AvgIpc) is 2.64. The molecule has 1 unspecified atom stereocenters. The van der Waals surface area contributed by atoms with Gasteiger partial charge in [-0.25, -0.2) is 4.39 Å². The second-order valence-corrected chi connectivity index (χ2v) is 7.24. The number of hydrogen-bond acceptors (Lipinski definition) is 4. The van der Waals surface area contributed by atoms with E-state index in [0.29, 0.717) is 19.0 Å². The van der Waals surface area contributed by atoms with E-state index < -0.39 is 5.60 Å². The van der Waals surface area contributed by atoms with E-state index in [0.717, 1.165) is 57.8 Å². The van der Waals surface area contributed by atoms with Gasteiger partial charge in [0.15, 0.2) is 5.96 Å². The maximum absolute atomic E-state index is 13.2. The third kappa shape index (κ3) is 9.99. The number of guanidine groups is 1. The SMILES string of the molecule is CCNC(=NCC(C)(O)CN1CCOCC1)NCCCc1cccc(F)c1.I. The third-order valence-electron chi connectivity index (χ3n) is 4.41. The molecule has 0 radical (unpaired) electrons. The van der Waals surface area contributed by atoms with Gasteiger partial charge in [0.05, 0.1) is 25.4 Å². The first-order valence-electron chi connectivity index (χ1n) is 9.77. The van der Waals surface area contributed by atoms with Crippen LogP contribution in [-0.4, -0.2) is 74.0 Å². The Hall–Kier alpha value is -0.970. The monoisotopic (exact) mass is 508 g/mol. The van der Waals surface area contributed by atoms with Crippen LogP contribution in [0.25, 0.3) is 0 Å². The smallest absolute Gasteiger partial charge is 0.191 e. The summed E-state index contributed by atoms with van der Waals surface area (Å²) in [6.07, 6.45) is 1.68. The third-order valence-corrected chi connectivity index (χ3v) is 4.41. The highest BCUT2D eigenvalue weighted by Crippen LogP contribution is 2.09. The number of halogens is 2. The van der Waals surface area contributed by atoms with E-state index in [1.54, 1.807) is 12.1 Å². The zero-order valence-corrected chi connectivity index (χ0v) is 19.2. The zero-order valence-electron chi connectivity index (χ0n) is 16.9. The molecule has 1 saturated heterocycles. The molecule has 1 heterocycles. The standard InChI is InChI=1S/C20H33FN4O2.HI/c1-3-22-19(23-9-5-7-17-6-4-8-18(21)14-17)24-15-20(2,26)16-25-10-12-27-13-11-25;/h4,6,8,14,26H,3,5,7,9-13,15-16H2,1-2H3,(H2,22,23,24);1H. The highest BCUT2D eigenvalue weighted by molar-refractivity contribution is 14.0. The summed E-state index contributed by atoms with van der Waals surface area (Å²) in [5.74, 6) is 0.497. The molecule has 0 amide bonds. The molecule has 0 bridgehead atoms. The summed E-state index contributed by atoms with van der Waals surface area (Å²) in [6.45, 7) is 9.34. The van der Waals surface area contributed by atoms with Gasteiger partial charge in [-0.2, -0.15) is 0 Å². The number of morpholine rings is 1. The number of β-amino-alcohol motifs (C(OH)–C–C–N with tert-alkyl or cyclic N) is 1. The lowest BCUT2D eigenvalue weighted by atomic mass is 10.1. The quantitative estimate of drug-likeness (QED) is 0.206. The van der Waals surface area contributed by atoms with Gasteiger partial charge >= 0.3 is 0 Å². The topological polar surface area (TPSA) is 69.1 Å². The van der Waals surface area contributed by atoms with Crippen molar-refractivity contribution in [2.45, 2.75) is 32.3 Å². The number of aliphatic imine (C=N–C) groups is 1. The van der Waals surface area contributed by atoms with Crippen molar-refractivity contribution in [2.24, 2.45) is 4.99 Å². The molecular weight excluding hydrogens is 474 g/mol. The van der Waals surface area contributed by atoms with Crippen LogP contribution < -0.4 is 10.6 Å². The zero-order chi connectivity index (χ0) is 19.5. The summed E-state index contributed by atoms with van der Waals surface area (Å²) < 4.78 is 18.6. The fourth-order valence-electron chi connectivity index (χ4n) is 3.07. The van der Waals surface area contributed by atoms with Crippen LogP contribution in [0.5, 0.6) is 0 Å². The van der Waals surface area contributed by atoms with Crippen molar-refractivity contribution in [1.29, 1.82) is 0 Å². The first-order valence-corrected chi connectivity index (χ1v) is 9.77. The van der Waals surface area contributed by atoms with Crippen molar-refractivity contribution in [2.75, 3.05) is 52.5 Å². The molecule has 1 aromatic carbocycles. The van der Waals surface area contributed by atoms with Gasteiger partial charge in [0, 0.05) is 32.7 Å². The molecule has 0 aromatic heterocycles. The molecule has 3 N–H and O–H groups in total. The van der Waals surface area contributed by atoms with Crippen LogP contribution in [0.1, 0.15) is 25.8 Å². The van der Waals surface area contributed by atoms with Gasteiger partial charge in [-0.1, -0.05) is 12.1 Å². The molecule has 1 aliphatic heterocycles. The van der Waals surface area contributed by atoms with Crippen molar-refractivity contribution in [1.82, 2.24) is 15.5 Å². The van der Waals surface area contributed by atoms with E-state index in [2.05, 4.69) is 20.5 Å². The molecule has 8 heteroatoms. The molecule has 28 heavy (non-hydrogen) atoms. The van der Waals surface area contributed by atoms with Crippen molar-refractivity contribution >= 4 is 29.9 Å².